The number of piperidine rings is 1. The van der Waals surface area contributed by atoms with Crippen molar-refractivity contribution in [2.24, 2.45) is 17.3 Å². The van der Waals surface area contributed by atoms with Crippen LogP contribution in [0.2, 0.25) is 0 Å². The lowest BCUT2D eigenvalue weighted by Gasteiger charge is -2.39. The Balaban J connectivity index is 1.94. The minimum atomic E-state index is -0.247. The second-order valence-corrected chi connectivity index (χ2v) is 7.30. The Labute approximate surface area is 124 Å². The summed E-state index contributed by atoms with van der Waals surface area (Å²) >= 11 is 0. The van der Waals surface area contributed by atoms with Crippen LogP contribution in [-0.2, 0) is 4.79 Å². The van der Waals surface area contributed by atoms with E-state index in [4.69, 9.17) is 0 Å². The molecule has 3 unspecified atom stereocenters. The van der Waals surface area contributed by atoms with Crippen molar-refractivity contribution in [3.05, 3.63) is 0 Å². The molecule has 0 aromatic carbocycles. The first-order valence-electron chi connectivity index (χ1n) is 8.57. The molecule has 0 radical (unpaired) electrons. The van der Waals surface area contributed by atoms with E-state index >= 15 is 0 Å². The van der Waals surface area contributed by atoms with Crippen LogP contribution in [0.5, 0.6) is 0 Å². The molecule has 1 aliphatic heterocycles. The Kier molecular flexibility index (Phi) is 5.48. The molecule has 1 aliphatic carbocycles. The first-order chi connectivity index (χ1) is 9.55. The van der Waals surface area contributed by atoms with Gasteiger partial charge in [-0.25, -0.2) is 0 Å². The van der Waals surface area contributed by atoms with Gasteiger partial charge in [0.25, 0.3) is 0 Å². The van der Waals surface area contributed by atoms with E-state index < -0.39 is 0 Å². The SMILES string of the molecule is CCC1CCCCC1NC(=O)C(C)(C)C1CCCNC1. The first kappa shape index (κ1) is 15.8. The van der Waals surface area contributed by atoms with Gasteiger partial charge in [-0.05, 0) is 50.6 Å². The van der Waals surface area contributed by atoms with Gasteiger partial charge >= 0.3 is 0 Å². The van der Waals surface area contributed by atoms with Gasteiger partial charge in [0.05, 0.1) is 0 Å². The van der Waals surface area contributed by atoms with E-state index in [9.17, 15) is 4.79 Å². The molecule has 0 aromatic heterocycles. The number of rotatable bonds is 4. The predicted molar refractivity (Wildman–Crippen MR) is 83.6 cm³/mol. The predicted octanol–water partition coefficient (Wildman–Crippen LogP) is 3.10. The van der Waals surface area contributed by atoms with E-state index in [1.807, 2.05) is 0 Å². The molecule has 1 saturated carbocycles. The maximum absolute atomic E-state index is 12.8. The summed E-state index contributed by atoms with van der Waals surface area (Å²) in [5.74, 6) is 1.43. The monoisotopic (exact) mass is 280 g/mol. The summed E-state index contributed by atoms with van der Waals surface area (Å²) in [6, 6.07) is 0.414. The summed E-state index contributed by atoms with van der Waals surface area (Å²) in [4.78, 5) is 12.8. The average molecular weight is 280 g/mol. The van der Waals surface area contributed by atoms with Gasteiger partial charge < -0.3 is 10.6 Å². The molecule has 1 heterocycles. The van der Waals surface area contributed by atoms with Crippen molar-refractivity contribution in [1.82, 2.24) is 10.6 Å². The Morgan fingerprint density at radius 2 is 1.95 bits per heavy atom. The van der Waals surface area contributed by atoms with Gasteiger partial charge in [-0.1, -0.05) is 40.0 Å². The fraction of sp³-hybridized carbons (Fsp3) is 0.941. The van der Waals surface area contributed by atoms with Crippen LogP contribution in [0, 0.1) is 17.3 Å². The Bertz CT molecular complexity index is 321. The van der Waals surface area contributed by atoms with Crippen LogP contribution in [0.4, 0.5) is 0 Å². The summed E-state index contributed by atoms with van der Waals surface area (Å²) in [6.45, 7) is 8.61. The topological polar surface area (TPSA) is 41.1 Å². The fourth-order valence-electron chi connectivity index (χ4n) is 3.89. The van der Waals surface area contributed by atoms with Gasteiger partial charge in [0, 0.05) is 11.5 Å². The second-order valence-electron chi connectivity index (χ2n) is 7.30. The van der Waals surface area contributed by atoms with Gasteiger partial charge in [0.2, 0.25) is 5.91 Å². The quantitative estimate of drug-likeness (QED) is 0.831. The summed E-state index contributed by atoms with van der Waals surface area (Å²) < 4.78 is 0. The van der Waals surface area contributed by atoms with E-state index in [0.29, 0.717) is 17.9 Å². The minimum Gasteiger partial charge on any atom is -0.353 e. The molecule has 116 valence electrons. The third-order valence-electron chi connectivity index (χ3n) is 5.65. The molecule has 3 nitrogen and oxygen atoms in total. The Hall–Kier alpha value is -0.570. The standard InChI is InChI=1S/C17H32N2O/c1-4-13-8-5-6-10-15(13)19-16(20)17(2,3)14-9-7-11-18-12-14/h13-15,18H,4-12H2,1-3H3,(H,19,20). The summed E-state index contributed by atoms with van der Waals surface area (Å²) in [6.07, 6.45) is 8.62. The highest BCUT2D eigenvalue weighted by Crippen LogP contribution is 2.33. The Morgan fingerprint density at radius 1 is 1.20 bits per heavy atom. The largest absolute Gasteiger partial charge is 0.353 e. The highest BCUT2D eigenvalue weighted by molar-refractivity contribution is 5.82. The highest BCUT2D eigenvalue weighted by Gasteiger charge is 2.39. The fourth-order valence-corrected chi connectivity index (χ4v) is 3.89. The molecule has 3 atom stereocenters. The molecule has 20 heavy (non-hydrogen) atoms. The molecular weight excluding hydrogens is 248 g/mol. The second kappa shape index (κ2) is 6.93. The van der Waals surface area contributed by atoms with Crippen LogP contribution in [0.25, 0.3) is 0 Å². The zero-order valence-corrected chi connectivity index (χ0v) is 13.5. The third kappa shape index (κ3) is 3.55. The van der Waals surface area contributed by atoms with Crippen LogP contribution < -0.4 is 10.6 Å². The van der Waals surface area contributed by atoms with Crippen molar-refractivity contribution in [2.75, 3.05) is 13.1 Å². The smallest absolute Gasteiger partial charge is 0.226 e. The van der Waals surface area contributed by atoms with Crippen molar-refractivity contribution in [3.63, 3.8) is 0 Å². The number of carbonyl (C=O) groups is 1. The van der Waals surface area contributed by atoms with Crippen LogP contribution in [0.1, 0.15) is 65.7 Å². The number of hydrogen-bond acceptors (Lipinski definition) is 2. The highest BCUT2D eigenvalue weighted by atomic mass is 16.2. The summed E-state index contributed by atoms with van der Waals surface area (Å²) in [5.41, 5.74) is -0.247. The molecule has 2 aliphatic rings. The molecule has 0 aromatic rings. The molecule has 2 rings (SSSR count). The number of carbonyl (C=O) groups excluding carboxylic acids is 1. The van der Waals surface area contributed by atoms with Gasteiger partial charge in [-0.3, -0.25) is 4.79 Å². The van der Waals surface area contributed by atoms with E-state index in [-0.39, 0.29) is 11.3 Å². The maximum atomic E-state index is 12.8. The Morgan fingerprint density at radius 3 is 2.60 bits per heavy atom. The zero-order chi connectivity index (χ0) is 14.6. The first-order valence-corrected chi connectivity index (χ1v) is 8.57. The van der Waals surface area contributed by atoms with E-state index in [1.54, 1.807) is 0 Å². The molecule has 1 amide bonds. The zero-order valence-electron chi connectivity index (χ0n) is 13.5. The van der Waals surface area contributed by atoms with Crippen LogP contribution in [0.15, 0.2) is 0 Å². The van der Waals surface area contributed by atoms with Gasteiger partial charge in [-0.15, -0.1) is 0 Å². The van der Waals surface area contributed by atoms with Crippen molar-refractivity contribution in [1.29, 1.82) is 0 Å². The van der Waals surface area contributed by atoms with Crippen molar-refractivity contribution in [2.45, 2.75) is 71.8 Å². The van der Waals surface area contributed by atoms with Crippen LogP contribution in [-0.4, -0.2) is 25.0 Å². The van der Waals surface area contributed by atoms with Gasteiger partial charge in [0.1, 0.15) is 0 Å². The van der Waals surface area contributed by atoms with Crippen molar-refractivity contribution in [3.8, 4) is 0 Å². The van der Waals surface area contributed by atoms with Crippen LogP contribution >= 0.6 is 0 Å². The number of hydrogen-bond donors (Lipinski definition) is 2. The third-order valence-corrected chi connectivity index (χ3v) is 5.65. The lowest BCUT2D eigenvalue weighted by molar-refractivity contribution is -0.134. The molecular formula is C17H32N2O. The number of amides is 1. The number of nitrogens with one attached hydrogen (secondary N) is 2. The molecule has 1 saturated heterocycles. The van der Waals surface area contributed by atoms with Crippen LogP contribution in [0.3, 0.4) is 0 Å². The van der Waals surface area contributed by atoms with Gasteiger partial charge in [0.15, 0.2) is 0 Å². The van der Waals surface area contributed by atoms with Crippen molar-refractivity contribution < 1.29 is 4.79 Å². The van der Waals surface area contributed by atoms with E-state index in [2.05, 4.69) is 31.4 Å². The lowest BCUT2D eigenvalue weighted by Crippen LogP contribution is -2.51. The average Bonchev–Trinajstić information content (AvgIpc) is 2.48. The summed E-state index contributed by atoms with van der Waals surface area (Å²) in [7, 11) is 0. The normalized spacial score (nSPS) is 31.9. The summed E-state index contributed by atoms with van der Waals surface area (Å²) in [5, 5.41) is 6.83. The van der Waals surface area contributed by atoms with Crippen molar-refractivity contribution >= 4 is 5.91 Å². The molecule has 2 N–H and O–H groups in total. The molecule has 0 bridgehead atoms. The minimum absolute atomic E-state index is 0.247. The molecule has 2 fully saturated rings. The van der Waals surface area contributed by atoms with E-state index in [0.717, 1.165) is 13.1 Å². The maximum Gasteiger partial charge on any atom is 0.226 e. The molecule has 3 heteroatoms. The van der Waals surface area contributed by atoms with E-state index in [1.165, 1.54) is 44.9 Å². The lowest BCUT2D eigenvalue weighted by atomic mass is 9.73. The molecule has 0 spiro atoms. The van der Waals surface area contributed by atoms with Gasteiger partial charge in [-0.2, -0.15) is 0 Å².